The number of benzene rings is 1. The first-order valence-electron chi connectivity index (χ1n) is 4.68. The van der Waals surface area contributed by atoms with Gasteiger partial charge in [-0.2, -0.15) is 0 Å². The molecule has 4 heteroatoms. The van der Waals surface area contributed by atoms with E-state index in [0.29, 0.717) is 5.69 Å². The van der Waals surface area contributed by atoms with Crippen LogP contribution in [0.1, 0.15) is 13.8 Å². The number of aliphatic hydroxyl groups excluding tert-OH is 1. The molecular formula is C11H15BrFNO. The van der Waals surface area contributed by atoms with Gasteiger partial charge in [-0.3, -0.25) is 0 Å². The molecule has 1 rings (SSSR count). The molecule has 1 N–H and O–H groups in total. The van der Waals surface area contributed by atoms with Crippen LogP contribution in [-0.4, -0.2) is 24.3 Å². The molecule has 0 radical (unpaired) electrons. The Morgan fingerprint density at radius 1 is 1.47 bits per heavy atom. The Hall–Kier alpha value is -0.610. The third-order valence-corrected chi connectivity index (χ3v) is 3.06. The van der Waals surface area contributed by atoms with Crippen LogP contribution in [0.25, 0.3) is 0 Å². The van der Waals surface area contributed by atoms with Gasteiger partial charge in [0.05, 0.1) is 17.8 Å². The molecule has 0 fully saturated rings. The number of likely N-dealkylation sites (N-methyl/N-ethyl adjacent to an activating group) is 1. The normalized spacial score (nSPS) is 11.6. The molecule has 15 heavy (non-hydrogen) atoms. The van der Waals surface area contributed by atoms with Crippen molar-refractivity contribution in [1.82, 2.24) is 0 Å². The second kappa shape index (κ2) is 4.49. The number of rotatable bonds is 3. The molecule has 0 saturated heterocycles. The van der Waals surface area contributed by atoms with Gasteiger partial charge in [0.2, 0.25) is 0 Å². The number of aliphatic hydroxyl groups is 1. The minimum atomic E-state index is -0.484. The molecule has 0 aliphatic heterocycles. The van der Waals surface area contributed by atoms with Crippen LogP contribution >= 0.6 is 15.9 Å². The monoisotopic (exact) mass is 275 g/mol. The van der Waals surface area contributed by atoms with E-state index in [1.165, 1.54) is 6.07 Å². The van der Waals surface area contributed by atoms with E-state index < -0.39 is 5.54 Å². The highest BCUT2D eigenvalue weighted by Crippen LogP contribution is 2.27. The molecule has 0 saturated carbocycles. The van der Waals surface area contributed by atoms with Crippen molar-refractivity contribution in [2.45, 2.75) is 19.4 Å². The number of nitrogens with zero attached hydrogens (tertiary/aromatic N) is 1. The number of hydrogen-bond donors (Lipinski definition) is 1. The van der Waals surface area contributed by atoms with Gasteiger partial charge in [-0.25, -0.2) is 4.39 Å². The van der Waals surface area contributed by atoms with Crippen molar-refractivity contribution in [1.29, 1.82) is 0 Å². The van der Waals surface area contributed by atoms with Crippen molar-refractivity contribution in [3.8, 4) is 0 Å². The fourth-order valence-corrected chi connectivity index (χ4v) is 1.52. The predicted molar refractivity (Wildman–Crippen MR) is 63.7 cm³/mol. The smallest absolute Gasteiger partial charge is 0.146 e. The highest BCUT2D eigenvalue weighted by atomic mass is 79.9. The summed E-state index contributed by atoms with van der Waals surface area (Å²) in [7, 11) is 1.76. The average molecular weight is 276 g/mol. The number of halogens is 2. The largest absolute Gasteiger partial charge is 0.394 e. The molecule has 0 heterocycles. The molecule has 0 unspecified atom stereocenters. The number of anilines is 1. The van der Waals surface area contributed by atoms with E-state index >= 15 is 0 Å². The molecule has 2 nitrogen and oxygen atoms in total. The third kappa shape index (κ3) is 2.69. The third-order valence-electron chi connectivity index (χ3n) is 2.56. The highest BCUT2D eigenvalue weighted by Gasteiger charge is 2.24. The van der Waals surface area contributed by atoms with Crippen LogP contribution in [0.2, 0.25) is 0 Å². The van der Waals surface area contributed by atoms with E-state index in [4.69, 9.17) is 0 Å². The molecule has 1 aromatic carbocycles. The number of hydrogen-bond acceptors (Lipinski definition) is 2. The molecule has 0 aliphatic carbocycles. The summed E-state index contributed by atoms with van der Waals surface area (Å²) in [5, 5.41) is 9.21. The molecule has 0 bridgehead atoms. The zero-order valence-corrected chi connectivity index (χ0v) is 10.7. The van der Waals surface area contributed by atoms with Crippen LogP contribution < -0.4 is 4.90 Å². The summed E-state index contributed by atoms with van der Waals surface area (Å²) in [6.45, 7) is 3.68. The Kier molecular flexibility index (Phi) is 3.73. The zero-order valence-electron chi connectivity index (χ0n) is 9.09. The Labute approximate surface area is 97.8 Å². The van der Waals surface area contributed by atoms with Crippen LogP contribution in [0.5, 0.6) is 0 Å². The van der Waals surface area contributed by atoms with E-state index in [2.05, 4.69) is 15.9 Å². The maximum atomic E-state index is 13.5. The van der Waals surface area contributed by atoms with E-state index in [1.54, 1.807) is 24.1 Å². The van der Waals surface area contributed by atoms with Crippen LogP contribution in [0.4, 0.5) is 10.1 Å². The molecular weight excluding hydrogens is 261 g/mol. The minimum Gasteiger partial charge on any atom is -0.394 e. The lowest BCUT2D eigenvalue weighted by atomic mass is 10.0. The van der Waals surface area contributed by atoms with Gasteiger partial charge in [0.15, 0.2) is 0 Å². The highest BCUT2D eigenvalue weighted by molar-refractivity contribution is 9.10. The Morgan fingerprint density at radius 2 is 2.07 bits per heavy atom. The Morgan fingerprint density at radius 3 is 2.60 bits per heavy atom. The summed E-state index contributed by atoms with van der Waals surface area (Å²) < 4.78 is 14.4. The zero-order chi connectivity index (χ0) is 11.6. The maximum absolute atomic E-state index is 13.5. The van der Waals surface area contributed by atoms with E-state index in [1.807, 2.05) is 13.8 Å². The first-order chi connectivity index (χ1) is 6.88. The van der Waals surface area contributed by atoms with E-state index in [9.17, 15) is 9.50 Å². The second-order valence-electron chi connectivity index (χ2n) is 4.13. The van der Waals surface area contributed by atoms with Crippen LogP contribution in [0.3, 0.4) is 0 Å². The Bertz CT molecular complexity index is 354. The lowest BCUT2D eigenvalue weighted by molar-refractivity contribution is 0.215. The van der Waals surface area contributed by atoms with Gasteiger partial charge in [-0.15, -0.1) is 0 Å². The Balaban J connectivity index is 3.10. The average Bonchev–Trinajstić information content (AvgIpc) is 2.20. The van der Waals surface area contributed by atoms with Gasteiger partial charge in [0.25, 0.3) is 0 Å². The second-order valence-corrected chi connectivity index (χ2v) is 5.04. The predicted octanol–water partition coefficient (Wildman–Crippen LogP) is 2.80. The summed E-state index contributed by atoms with van der Waals surface area (Å²) in [5.74, 6) is -0.290. The fraction of sp³-hybridized carbons (Fsp3) is 0.455. The summed E-state index contributed by atoms with van der Waals surface area (Å²) in [6, 6.07) is 4.76. The van der Waals surface area contributed by atoms with Crippen LogP contribution in [0.15, 0.2) is 22.7 Å². The van der Waals surface area contributed by atoms with Crippen molar-refractivity contribution < 1.29 is 9.50 Å². The topological polar surface area (TPSA) is 23.5 Å². The van der Waals surface area contributed by atoms with Crippen molar-refractivity contribution >= 4 is 21.6 Å². The van der Waals surface area contributed by atoms with E-state index in [-0.39, 0.29) is 12.4 Å². The first-order valence-corrected chi connectivity index (χ1v) is 5.47. The molecule has 0 aromatic heterocycles. The molecule has 0 atom stereocenters. The molecule has 84 valence electrons. The fourth-order valence-electron chi connectivity index (χ4n) is 1.17. The van der Waals surface area contributed by atoms with Crippen LogP contribution in [-0.2, 0) is 0 Å². The molecule has 1 aromatic rings. The maximum Gasteiger partial charge on any atom is 0.146 e. The summed E-state index contributed by atoms with van der Waals surface area (Å²) in [4.78, 5) is 1.73. The lowest BCUT2D eigenvalue weighted by Gasteiger charge is -2.36. The van der Waals surface area contributed by atoms with E-state index in [0.717, 1.165) is 4.47 Å². The van der Waals surface area contributed by atoms with Gasteiger partial charge in [-0.1, -0.05) is 15.9 Å². The quantitative estimate of drug-likeness (QED) is 0.917. The SMILES string of the molecule is CN(c1cc(Br)ccc1F)C(C)(C)CO. The summed E-state index contributed by atoms with van der Waals surface area (Å²) in [5.41, 5.74) is -0.00910. The molecule has 0 aliphatic rings. The molecule has 0 amide bonds. The standard InChI is InChI=1S/C11H15BrFNO/c1-11(2,7-15)14(3)10-6-8(12)4-5-9(10)13/h4-6,15H,7H2,1-3H3. The lowest BCUT2D eigenvalue weighted by Crippen LogP contribution is -2.44. The van der Waals surface area contributed by atoms with Crippen molar-refractivity contribution in [3.05, 3.63) is 28.5 Å². The summed E-state index contributed by atoms with van der Waals surface area (Å²) in [6.07, 6.45) is 0. The van der Waals surface area contributed by atoms with Crippen molar-refractivity contribution in [3.63, 3.8) is 0 Å². The molecule has 0 spiro atoms. The summed E-state index contributed by atoms with van der Waals surface area (Å²) >= 11 is 3.30. The minimum absolute atomic E-state index is 0.0323. The van der Waals surface area contributed by atoms with Gasteiger partial charge in [-0.05, 0) is 32.0 Å². The van der Waals surface area contributed by atoms with Gasteiger partial charge < -0.3 is 10.0 Å². The van der Waals surface area contributed by atoms with Gasteiger partial charge in [0.1, 0.15) is 5.82 Å². The van der Waals surface area contributed by atoms with Crippen molar-refractivity contribution in [2.75, 3.05) is 18.6 Å². The van der Waals surface area contributed by atoms with Crippen LogP contribution in [0, 0.1) is 5.82 Å². The first kappa shape index (κ1) is 12.5. The van der Waals surface area contributed by atoms with Gasteiger partial charge >= 0.3 is 0 Å². The van der Waals surface area contributed by atoms with Gasteiger partial charge in [0, 0.05) is 11.5 Å². The van der Waals surface area contributed by atoms with Crippen molar-refractivity contribution in [2.24, 2.45) is 0 Å².